The Balaban J connectivity index is 1.87. The highest BCUT2D eigenvalue weighted by atomic mass is 15.4. The highest BCUT2D eigenvalue weighted by Gasteiger charge is 2.15. The monoisotopic (exact) mass is 494 g/mol. The van der Waals surface area contributed by atoms with E-state index in [-0.39, 0.29) is 0 Å². The fraction of sp³-hybridized carbons (Fsp3) is 0.125. The largest absolute Gasteiger partial charge is 0.212 e. The van der Waals surface area contributed by atoms with E-state index in [1.807, 2.05) is 9.36 Å². The molecule has 7 rings (SSSR count). The van der Waals surface area contributed by atoms with Crippen LogP contribution >= 0.6 is 0 Å². The third-order valence-electron chi connectivity index (χ3n) is 7.52. The quantitative estimate of drug-likeness (QED) is 0.317. The minimum atomic E-state index is 0.843. The van der Waals surface area contributed by atoms with E-state index in [0.29, 0.717) is 0 Å². The van der Waals surface area contributed by atoms with Gasteiger partial charge in [0.2, 0.25) is 0 Å². The van der Waals surface area contributed by atoms with Gasteiger partial charge in [-0.2, -0.15) is 0 Å². The molecule has 0 saturated heterocycles. The van der Waals surface area contributed by atoms with Crippen LogP contribution in [0.15, 0.2) is 84.9 Å². The lowest BCUT2D eigenvalue weighted by atomic mass is 10.1. The number of nitrogens with zero attached hydrogens (tertiary/aromatic N) is 6. The van der Waals surface area contributed by atoms with Crippen LogP contribution in [0.4, 0.5) is 0 Å². The van der Waals surface area contributed by atoms with E-state index in [1.54, 1.807) is 0 Å². The van der Waals surface area contributed by atoms with E-state index < -0.39 is 0 Å². The van der Waals surface area contributed by atoms with Crippen molar-refractivity contribution in [3.63, 3.8) is 0 Å². The van der Waals surface area contributed by atoms with Gasteiger partial charge in [-0.15, -0.1) is 10.2 Å². The topological polar surface area (TPSA) is 61.4 Å². The van der Waals surface area contributed by atoms with Crippen molar-refractivity contribution in [1.82, 2.24) is 30.0 Å². The zero-order chi connectivity index (χ0) is 26.0. The number of fused-ring (bicyclic) bond motifs is 4. The van der Waals surface area contributed by atoms with Gasteiger partial charge in [0.25, 0.3) is 0 Å². The van der Waals surface area contributed by atoms with Crippen LogP contribution in [-0.2, 0) is 0 Å². The molecule has 1 aliphatic rings. The molecule has 4 aromatic carbocycles. The predicted octanol–water partition coefficient (Wildman–Crippen LogP) is 5.54. The second-order valence-corrected chi connectivity index (χ2v) is 9.97. The van der Waals surface area contributed by atoms with Gasteiger partial charge in [-0.05, 0) is 49.9 Å². The van der Waals surface area contributed by atoms with Gasteiger partial charge in [-0.1, -0.05) is 95.4 Å². The van der Waals surface area contributed by atoms with Crippen molar-refractivity contribution in [3.8, 4) is 11.4 Å². The molecule has 0 bridgehead atoms. The maximum absolute atomic E-state index is 4.81. The summed E-state index contributed by atoms with van der Waals surface area (Å²) in [5.41, 5.74) is 6.68. The molecule has 0 atom stereocenters. The second-order valence-electron chi connectivity index (χ2n) is 9.97. The van der Waals surface area contributed by atoms with E-state index in [4.69, 9.17) is 20.6 Å². The van der Waals surface area contributed by atoms with Crippen LogP contribution in [0.1, 0.15) is 22.3 Å². The standard InChI is InChI=1S/C32H26N6/c1-19-11-9-12-20(2)29(19)37-31-25-17-7-5-15-23(25)28-32(26-18-8-6-16-24(26)27(31)33-35-37)38(36-34-28)30-21(3)13-10-14-22(30)4/h5-18H,1-4H3. The molecule has 184 valence electrons. The second kappa shape index (κ2) is 8.35. The predicted molar refractivity (Wildman–Crippen MR) is 145 cm³/mol. The lowest BCUT2D eigenvalue weighted by Crippen LogP contribution is -2.05. The minimum absolute atomic E-state index is 0.843. The first kappa shape index (κ1) is 22.4. The molecule has 0 unspecified atom stereocenters. The summed E-state index contributed by atoms with van der Waals surface area (Å²) in [5.74, 6) is 0. The summed E-state index contributed by atoms with van der Waals surface area (Å²) >= 11 is 0. The Morgan fingerprint density at radius 3 is 1.13 bits per heavy atom. The van der Waals surface area contributed by atoms with Crippen LogP contribution in [0.25, 0.3) is 11.4 Å². The molecule has 0 aliphatic heterocycles. The first-order chi connectivity index (χ1) is 18.5. The average Bonchev–Trinajstić information content (AvgIpc) is 3.52. The van der Waals surface area contributed by atoms with Crippen molar-refractivity contribution in [2.75, 3.05) is 0 Å². The molecule has 6 aromatic rings. The van der Waals surface area contributed by atoms with Crippen molar-refractivity contribution in [3.05, 3.63) is 149 Å². The lowest BCUT2D eigenvalue weighted by molar-refractivity contribution is 0.775. The van der Waals surface area contributed by atoms with Crippen LogP contribution in [0, 0.1) is 70.0 Å². The summed E-state index contributed by atoms with van der Waals surface area (Å²) in [6.45, 7) is 8.47. The van der Waals surface area contributed by atoms with E-state index in [1.165, 1.54) is 0 Å². The Labute approximate surface area is 218 Å². The van der Waals surface area contributed by atoms with Gasteiger partial charge in [-0.3, -0.25) is 0 Å². The first-order valence-corrected chi connectivity index (χ1v) is 12.8. The van der Waals surface area contributed by atoms with Gasteiger partial charge < -0.3 is 0 Å². The lowest BCUT2D eigenvalue weighted by Gasteiger charge is -2.10. The van der Waals surface area contributed by atoms with Gasteiger partial charge >= 0.3 is 0 Å². The molecule has 2 aromatic heterocycles. The van der Waals surface area contributed by atoms with E-state index in [9.17, 15) is 0 Å². The van der Waals surface area contributed by atoms with Crippen molar-refractivity contribution in [2.45, 2.75) is 27.7 Å². The van der Waals surface area contributed by atoms with Crippen molar-refractivity contribution < 1.29 is 0 Å². The SMILES string of the molecule is Cc1cccc(C)c1-n1nnc2c1=c1ccccc1=c1nnn(-c3c(C)cccc3C)c1=c1ccccc1=2. The molecule has 6 nitrogen and oxygen atoms in total. The summed E-state index contributed by atoms with van der Waals surface area (Å²) in [6, 6.07) is 29.4. The molecule has 38 heavy (non-hydrogen) atoms. The van der Waals surface area contributed by atoms with Crippen LogP contribution in [0.5, 0.6) is 0 Å². The number of hydrogen-bond acceptors (Lipinski definition) is 4. The molecule has 1 aliphatic carbocycles. The maximum Gasteiger partial charge on any atom is 0.122 e. The van der Waals surface area contributed by atoms with E-state index in [2.05, 4.69) is 113 Å². The Kier molecular flexibility index (Phi) is 4.91. The Bertz CT molecular complexity index is 2090. The van der Waals surface area contributed by atoms with Gasteiger partial charge in [0.15, 0.2) is 0 Å². The summed E-state index contributed by atoms with van der Waals surface area (Å²) in [6.07, 6.45) is 0. The molecule has 0 radical (unpaired) electrons. The number of para-hydroxylation sites is 2. The number of hydrogen-bond donors (Lipinski definition) is 0. The Morgan fingerprint density at radius 1 is 0.421 bits per heavy atom. The molecule has 0 N–H and O–H groups in total. The van der Waals surface area contributed by atoms with E-state index >= 15 is 0 Å². The normalized spacial score (nSPS) is 11.7. The van der Waals surface area contributed by atoms with Crippen molar-refractivity contribution in [2.24, 2.45) is 0 Å². The van der Waals surface area contributed by atoms with Crippen molar-refractivity contribution >= 4 is 0 Å². The summed E-state index contributed by atoms with van der Waals surface area (Å²) in [5, 5.41) is 26.8. The van der Waals surface area contributed by atoms with Gasteiger partial charge in [0.1, 0.15) is 21.4 Å². The fourth-order valence-corrected chi connectivity index (χ4v) is 5.79. The fourth-order valence-electron chi connectivity index (χ4n) is 5.79. The molecule has 0 spiro atoms. The highest BCUT2D eigenvalue weighted by molar-refractivity contribution is 5.48. The van der Waals surface area contributed by atoms with Crippen LogP contribution < -0.4 is 0 Å². The number of aromatic nitrogens is 6. The first-order valence-electron chi connectivity index (χ1n) is 12.8. The number of rotatable bonds is 2. The van der Waals surface area contributed by atoms with Crippen LogP contribution in [0.2, 0.25) is 0 Å². The number of aryl methyl sites for hydroxylation is 4. The average molecular weight is 495 g/mol. The number of benzene rings is 4. The smallest absolute Gasteiger partial charge is 0.122 e. The van der Waals surface area contributed by atoms with Gasteiger partial charge in [0, 0.05) is 20.9 Å². The molecule has 0 amide bonds. The van der Waals surface area contributed by atoms with Gasteiger partial charge in [-0.25, -0.2) is 9.36 Å². The zero-order valence-corrected chi connectivity index (χ0v) is 21.8. The summed E-state index contributed by atoms with van der Waals surface area (Å²) in [7, 11) is 0. The third kappa shape index (κ3) is 3.13. The van der Waals surface area contributed by atoms with Crippen molar-refractivity contribution in [1.29, 1.82) is 0 Å². The maximum atomic E-state index is 4.81. The molecule has 0 fully saturated rings. The molecule has 2 heterocycles. The van der Waals surface area contributed by atoms with Gasteiger partial charge in [0.05, 0.1) is 11.4 Å². The minimum Gasteiger partial charge on any atom is -0.212 e. The Morgan fingerprint density at radius 2 is 0.763 bits per heavy atom. The highest BCUT2D eigenvalue weighted by Crippen LogP contribution is 2.22. The molecular formula is C32H26N6. The zero-order valence-electron chi connectivity index (χ0n) is 21.8. The summed E-state index contributed by atoms with van der Waals surface area (Å²) < 4.78 is 3.99. The molecule has 0 saturated carbocycles. The van der Waals surface area contributed by atoms with Crippen LogP contribution in [-0.4, -0.2) is 30.0 Å². The molecular weight excluding hydrogens is 468 g/mol. The molecule has 6 heteroatoms. The Hall–Kier alpha value is -4.84. The third-order valence-corrected chi connectivity index (χ3v) is 7.52. The van der Waals surface area contributed by atoms with E-state index in [0.717, 1.165) is 75.9 Å². The summed E-state index contributed by atoms with van der Waals surface area (Å²) in [4.78, 5) is 0. The van der Waals surface area contributed by atoms with Crippen LogP contribution in [0.3, 0.4) is 0 Å².